The van der Waals surface area contributed by atoms with E-state index < -0.39 is 6.10 Å². The highest BCUT2D eigenvalue weighted by molar-refractivity contribution is 7.16. The lowest BCUT2D eigenvalue weighted by atomic mass is 10.2. The largest absolute Gasteiger partial charge is 0.386 e. The van der Waals surface area contributed by atoms with Crippen molar-refractivity contribution in [2.75, 3.05) is 20.1 Å². The van der Waals surface area contributed by atoms with Gasteiger partial charge in [0.15, 0.2) is 5.96 Å². The van der Waals surface area contributed by atoms with Gasteiger partial charge in [0.1, 0.15) is 11.9 Å². The number of aliphatic hydroxyl groups is 1. The van der Waals surface area contributed by atoms with Crippen LogP contribution in [0.2, 0.25) is 4.34 Å². The van der Waals surface area contributed by atoms with E-state index in [9.17, 15) is 9.50 Å². The Morgan fingerprint density at radius 1 is 1.33 bits per heavy atom. The van der Waals surface area contributed by atoms with Crippen LogP contribution in [0.4, 0.5) is 4.39 Å². The van der Waals surface area contributed by atoms with E-state index in [0.29, 0.717) is 23.4 Å². The molecule has 0 radical (unpaired) electrons. The van der Waals surface area contributed by atoms with E-state index >= 15 is 0 Å². The molecule has 4 nitrogen and oxygen atoms in total. The van der Waals surface area contributed by atoms with Crippen LogP contribution in [0.5, 0.6) is 0 Å². The molecule has 130 valence electrons. The van der Waals surface area contributed by atoms with E-state index in [1.807, 2.05) is 24.9 Å². The number of nitrogens with zero attached hydrogens (tertiary/aromatic N) is 2. The van der Waals surface area contributed by atoms with E-state index in [2.05, 4.69) is 10.3 Å². The third-order valence-electron chi connectivity index (χ3n) is 3.37. The molecule has 0 aliphatic rings. The van der Waals surface area contributed by atoms with Gasteiger partial charge in [0.25, 0.3) is 0 Å². The quantitative estimate of drug-likeness (QED) is 0.603. The fourth-order valence-corrected chi connectivity index (χ4v) is 3.22. The summed E-state index contributed by atoms with van der Waals surface area (Å²) in [5, 5.41) is 13.4. The van der Waals surface area contributed by atoms with Crippen molar-refractivity contribution in [2.45, 2.75) is 19.6 Å². The number of nitrogens with one attached hydrogen (secondary N) is 1. The third kappa shape index (κ3) is 5.47. The van der Waals surface area contributed by atoms with Gasteiger partial charge in [-0.3, -0.25) is 4.99 Å². The number of halogens is 2. The lowest BCUT2D eigenvalue weighted by Crippen LogP contribution is -2.38. The minimum atomic E-state index is -0.685. The lowest BCUT2D eigenvalue weighted by molar-refractivity contribution is 0.190. The second kappa shape index (κ2) is 9.01. The maximum absolute atomic E-state index is 13.0. The Morgan fingerprint density at radius 3 is 2.62 bits per heavy atom. The lowest BCUT2D eigenvalue weighted by Gasteiger charge is -2.22. The summed E-state index contributed by atoms with van der Waals surface area (Å²) < 4.78 is 13.6. The second-order valence-electron chi connectivity index (χ2n) is 5.33. The minimum absolute atomic E-state index is 0.243. The monoisotopic (exact) mass is 369 g/mol. The molecule has 24 heavy (non-hydrogen) atoms. The van der Waals surface area contributed by atoms with Crippen LogP contribution in [0.1, 0.15) is 23.5 Å². The van der Waals surface area contributed by atoms with Crippen molar-refractivity contribution in [3.63, 3.8) is 0 Å². The van der Waals surface area contributed by atoms with Gasteiger partial charge >= 0.3 is 0 Å². The van der Waals surface area contributed by atoms with E-state index in [-0.39, 0.29) is 12.4 Å². The van der Waals surface area contributed by atoms with Gasteiger partial charge in [0, 0.05) is 25.0 Å². The predicted octanol–water partition coefficient (Wildman–Crippen LogP) is 3.67. The maximum Gasteiger partial charge on any atom is 0.194 e. The van der Waals surface area contributed by atoms with Gasteiger partial charge in [0.2, 0.25) is 0 Å². The number of hydrogen-bond donors (Lipinski definition) is 2. The van der Waals surface area contributed by atoms with Crippen LogP contribution in [0.25, 0.3) is 0 Å². The number of thiophene rings is 1. The summed E-state index contributed by atoms with van der Waals surface area (Å²) in [6.07, 6.45) is -0.685. The molecule has 1 unspecified atom stereocenters. The first kappa shape index (κ1) is 18.7. The number of aliphatic hydroxyl groups excluding tert-OH is 1. The molecule has 1 atom stereocenters. The Kier molecular flexibility index (Phi) is 7.02. The van der Waals surface area contributed by atoms with Gasteiger partial charge in [-0.2, -0.15) is 0 Å². The van der Waals surface area contributed by atoms with E-state index in [1.54, 1.807) is 18.2 Å². The van der Waals surface area contributed by atoms with Crippen molar-refractivity contribution in [3.8, 4) is 0 Å². The SMILES string of the molecule is CCNC(=NCC(O)c1ccc(Cl)s1)N(C)Cc1ccc(F)cc1. The fraction of sp³-hybridized carbons (Fsp3) is 0.353. The standard InChI is InChI=1S/C17H21ClFN3OS/c1-3-20-17(21-10-14(23)15-8-9-16(18)24-15)22(2)11-12-4-6-13(19)7-5-12/h4-9,14,23H,3,10-11H2,1-2H3,(H,20,21). The summed E-state index contributed by atoms with van der Waals surface area (Å²) in [6.45, 7) is 3.53. The summed E-state index contributed by atoms with van der Waals surface area (Å²) >= 11 is 7.24. The van der Waals surface area contributed by atoms with Gasteiger partial charge in [0.05, 0.1) is 10.9 Å². The number of aliphatic imine (C=N–C) groups is 1. The van der Waals surface area contributed by atoms with Crippen molar-refractivity contribution in [2.24, 2.45) is 4.99 Å². The topological polar surface area (TPSA) is 47.9 Å². The molecule has 1 heterocycles. The van der Waals surface area contributed by atoms with Crippen LogP contribution in [0.15, 0.2) is 41.4 Å². The summed E-state index contributed by atoms with van der Waals surface area (Å²) in [4.78, 5) is 7.21. The van der Waals surface area contributed by atoms with E-state index in [0.717, 1.165) is 10.4 Å². The van der Waals surface area contributed by atoms with Crippen molar-refractivity contribution in [1.29, 1.82) is 0 Å². The van der Waals surface area contributed by atoms with Gasteiger partial charge in [-0.25, -0.2) is 4.39 Å². The van der Waals surface area contributed by atoms with Crippen molar-refractivity contribution in [3.05, 3.63) is 57.0 Å². The van der Waals surface area contributed by atoms with Crippen LogP contribution in [-0.4, -0.2) is 36.1 Å². The first-order valence-corrected chi connectivity index (χ1v) is 8.86. The number of hydrogen-bond acceptors (Lipinski definition) is 3. The third-order valence-corrected chi connectivity index (χ3v) is 4.70. The average Bonchev–Trinajstić information content (AvgIpc) is 3.00. The highest BCUT2D eigenvalue weighted by atomic mass is 35.5. The number of guanidine groups is 1. The predicted molar refractivity (Wildman–Crippen MR) is 98.1 cm³/mol. The number of benzene rings is 1. The second-order valence-corrected chi connectivity index (χ2v) is 7.08. The molecule has 0 saturated heterocycles. The first-order valence-electron chi connectivity index (χ1n) is 7.66. The van der Waals surface area contributed by atoms with Gasteiger partial charge in [-0.05, 0) is 36.8 Å². The normalized spacial score (nSPS) is 13.0. The average molecular weight is 370 g/mol. The molecule has 0 fully saturated rings. The summed E-state index contributed by atoms with van der Waals surface area (Å²) in [5.74, 6) is 0.434. The highest BCUT2D eigenvalue weighted by Gasteiger charge is 2.12. The molecule has 1 aromatic carbocycles. The molecule has 2 N–H and O–H groups in total. The van der Waals surface area contributed by atoms with Gasteiger partial charge < -0.3 is 15.3 Å². The molecular weight excluding hydrogens is 349 g/mol. The van der Waals surface area contributed by atoms with Crippen LogP contribution in [0.3, 0.4) is 0 Å². The van der Waals surface area contributed by atoms with Crippen molar-refractivity contribution < 1.29 is 9.50 Å². The Hall–Kier alpha value is -1.63. The first-order chi connectivity index (χ1) is 11.5. The van der Waals surface area contributed by atoms with Gasteiger partial charge in [-0.15, -0.1) is 11.3 Å². The Bertz CT molecular complexity index is 675. The van der Waals surface area contributed by atoms with E-state index in [1.165, 1.54) is 23.5 Å². The molecule has 1 aromatic heterocycles. The molecule has 0 aliphatic carbocycles. The molecule has 2 aromatic rings. The summed E-state index contributed by atoms with van der Waals surface area (Å²) in [7, 11) is 1.90. The Balaban J connectivity index is 2.02. The smallest absolute Gasteiger partial charge is 0.194 e. The summed E-state index contributed by atoms with van der Waals surface area (Å²) in [5.41, 5.74) is 0.982. The zero-order chi connectivity index (χ0) is 17.5. The molecule has 0 bridgehead atoms. The van der Waals surface area contributed by atoms with Crippen LogP contribution in [0, 0.1) is 5.82 Å². The number of rotatable bonds is 6. The molecule has 7 heteroatoms. The molecular formula is C17H21ClFN3OS. The molecule has 0 aliphatic heterocycles. The van der Waals surface area contributed by atoms with Crippen molar-refractivity contribution in [1.82, 2.24) is 10.2 Å². The Labute approximate surface area is 150 Å². The van der Waals surface area contributed by atoms with Crippen LogP contribution >= 0.6 is 22.9 Å². The Morgan fingerprint density at radius 2 is 2.04 bits per heavy atom. The van der Waals surface area contributed by atoms with E-state index in [4.69, 9.17) is 11.6 Å². The fourth-order valence-electron chi connectivity index (χ4n) is 2.18. The van der Waals surface area contributed by atoms with Crippen molar-refractivity contribution >= 4 is 28.9 Å². The zero-order valence-corrected chi connectivity index (χ0v) is 15.2. The molecule has 2 rings (SSSR count). The van der Waals surface area contributed by atoms with Crippen LogP contribution < -0.4 is 5.32 Å². The minimum Gasteiger partial charge on any atom is -0.386 e. The maximum atomic E-state index is 13.0. The van der Waals surface area contributed by atoms with Crippen LogP contribution in [-0.2, 0) is 6.54 Å². The molecule has 0 saturated carbocycles. The molecule has 0 spiro atoms. The highest BCUT2D eigenvalue weighted by Crippen LogP contribution is 2.26. The summed E-state index contributed by atoms with van der Waals surface area (Å²) in [6, 6.07) is 9.95. The zero-order valence-electron chi connectivity index (χ0n) is 13.7. The molecule has 0 amide bonds. The van der Waals surface area contributed by atoms with Gasteiger partial charge in [-0.1, -0.05) is 23.7 Å².